The van der Waals surface area contributed by atoms with Crippen molar-refractivity contribution >= 4 is 18.0 Å². The smallest absolute Gasteiger partial charge is 0.326 e. The molecular weight excluding hydrogens is 432 g/mol. The van der Waals surface area contributed by atoms with Crippen molar-refractivity contribution in [2.45, 2.75) is 97.1 Å². The molecule has 0 radical (unpaired) electrons. The van der Waals surface area contributed by atoms with Crippen LogP contribution in [0.15, 0.2) is 24.3 Å². The van der Waals surface area contributed by atoms with Crippen LogP contribution in [0.4, 0.5) is 0 Å². The Labute approximate surface area is 203 Å². The maximum Gasteiger partial charge on any atom is 0.326 e. The van der Waals surface area contributed by atoms with Gasteiger partial charge >= 0.3 is 5.97 Å². The predicted molar refractivity (Wildman–Crippen MR) is 131 cm³/mol. The Hall–Kier alpha value is -2.22. The number of carbonyl (C=O) groups excluding carboxylic acids is 2. The van der Waals surface area contributed by atoms with Crippen LogP contribution in [0, 0.1) is 12.8 Å². The molecule has 1 aromatic carbocycles. The van der Waals surface area contributed by atoms with E-state index in [0.29, 0.717) is 19.1 Å². The zero-order chi connectivity index (χ0) is 24.6. The van der Waals surface area contributed by atoms with Crippen molar-refractivity contribution in [2.24, 2.45) is 5.92 Å². The van der Waals surface area contributed by atoms with Gasteiger partial charge < -0.3 is 9.47 Å². The van der Waals surface area contributed by atoms with E-state index in [2.05, 4.69) is 10.8 Å². The maximum atomic E-state index is 12.8. The molecule has 0 heterocycles. The molecule has 7 nitrogen and oxygen atoms in total. The van der Waals surface area contributed by atoms with Crippen molar-refractivity contribution in [3.05, 3.63) is 41.0 Å². The number of hydrogen-bond acceptors (Lipinski definition) is 6. The minimum atomic E-state index is -0.540. The number of carbonyl (C=O) groups is 2. The molecule has 0 aromatic heterocycles. The van der Waals surface area contributed by atoms with Gasteiger partial charge in [0.15, 0.2) is 6.29 Å². The minimum Gasteiger partial charge on any atom is -0.461 e. The van der Waals surface area contributed by atoms with Gasteiger partial charge in [-0.05, 0) is 87.5 Å². The molecular formula is C27H40N2O5. The zero-order valence-electron chi connectivity index (χ0n) is 21.0. The Balaban J connectivity index is 1.47. The molecule has 2 fully saturated rings. The summed E-state index contributed by atoms with van der Waals surface area (Å²) < 4.78 is 11.3. The van der Waals surface area contributed by atoms with Crippen molar-refractivity contribution in [2.75, 3.05) is 6.61 Å². The van der Waals surface area contributed by atoms with Gasteiger partial charge in [0, 0.05) is 12.6 Å². The number of esters is 1. The standard InChI is InChI=1S/C27H40N2O5/c1-19(2)18-32-21(4)34-29-25(30)13-11-22-10-12-23(20(3)16-22)17-28-27(14-7-15-27)26(31)33-24-8-5-6-9-24/h10-13,16,19,21,24,28H,5-9,14-15,17-18H2,1-4H3,(H,29,30)/b13-11+. The van der Waals surface area contributed by atoms with Crippen molar-refractivity contribution in [1.82, 2.24) is 10.8 Å². The highest BCUT2D eigenvalue weighted by molar-refractivity contribution is 5.91. The molecule has 1 amide bonds. The van der Waals surface area contributed by atoms with E-state index in [-0.39, 0.29) is 18.0 Å². The van der Waals surface area contributed by atoms with E-state index in [1.165, 1.54) is 6.08 Å². The second kappa shape index (κ2) is 12.5. The fraction of sp³-hybridized carbons (Fsp3) is 0.630. The molecule has 0 bridgehead atoms. The molecule has 3 rings (SSSR count). The van der Waals surface area contributed by atoms with Crippen molar-refractivity contribution in [1.29, 1.82) is 0 Å². The van der Waals surface area contributed by atoms with Crippen LogP contribution < -0.4 is 10.8 Å². The molecule has 7 heteroatoms. The molecule has 0 spiro atoms. The SMILES string of the molecule is Cc1cc(/C=C/C(=O)NOC(C)OCC(C)C)ccc1CNC1(C(=O)OC2CCCC2)CCC1. The summed E-state index contributed by atoms with van der Waals surface area (Å²) in [5.41, 5.74) is 4.98. The molecule has 1 unspecified atom stereocenters. The van der Waals surface area contributed by atoms with Crippen LogP contribution in [0.5, 0.6) is 0 Å². The highest BCUT2D eigenvalue weighted by Crippen LogP contribution is 2.35. The lowest BCUT2D eigenvalue weighted by molar-refractivity contribution is -0.180. The molecule has 2 aliphatic rings. The number of aryl methyl sites for hydroxylation is 1. The zero-order valence-corrected chi connectivity index (χ0v) is 21.0. The highest BCUT2D eigenvalue weighted by atomic mass is 16.8. The van der Waals surface area contributed by atoms with Crippen LogP contribution in [0.1, 0.15) is 82.4 Å². The Morgan fingerprint density at radius 3 is 2.50 bits per heavy atom. The molecule has 0 saturated heterocycles. The van der Waals surface area contributed by atoms with Crippen LogP contribution in [0.3, 0.4) is 0 Å². The van der Waals surface area contributed by atoms with Crippen LogP contribution in [-0.4, -0.2) is 36.4 Å². The summed E-state index contributed by atoms with van der Waals surface area (Å²) in [6, 6.07) is 6.03. The summed E-state index contributed by atoms with van der Waals surface area (Å²) in [5.74, 6) is -0.0378. The van der Waals surface area contributed by atoms with Gasteiger partial charge in [0.2, 0.25) is 0 Å². The summed E-state index contributed by atoms with van der Waals surface area (Å²) in [6.45, 7) is 9.05. The molecule has 0 aliphatic heterocycles. The number of amides is 1. The molecule has 34 heavy (non-hydrogen) atoms. The van der Waals surface area contributed by atoms with E-state index in [4.69, 9.17) is 14.3 Å². The largest absolute Gasteiger partial charge is 0.461 e. The average Bonchev–Trinajstić information content (AvgIpc) is 3.28. The highest BCUT2D eigenvalue weighted by Gasteiger charge is 2.46. The Bertz CT molecular complexity index is 857. The summed E-state index contributed by atoms with van der Waals surface area (Å²) >= 11 is 0. The predicted octanol–water partition coefficient (Wildman–Crippen LogP) is 4.57. The van der Waals surface area contributed by atoms with E-state index < -0.39 is 11.8 Å². The summed E-state index contributed by atoms with van der Waals surface area (Å²) in [7, 11) is 0. The first kappa shape index (κ1) is 26.4. The van der Waals surface area contributed by atoms with Gasteiger partial charge in [0.25, 0.3) is 5.91 Å². The minimum absolute atomic E-state index is 0.0833. The fourth-order valence-corrected chi connectivity index (χ4v) is 4.25. The van der Waals surface area contributed by atoms with Gasteiger partial charge in [0.1, 0.15) is 11.6 Å². The maximum absolute atomic E-state index is 12.8. The first-order chi connectivity index (χ1) is 16.3. The molecule has 2 aliphatic carbocycles. The van der Waals surface area contributed by atoms with Crippen LogP contribution >= 0.6 is 0 Å². The first-order valence-electron chi connectivity index (χ1n) is 12.6. The Morgan fingerprint density at radius 2 is 1.88 bits per heavy atom. The Morgan fingerprint density at radius 1 is 1.15 bits per heavy atom. The third-order valence-corrected chi connectivity index (χ3v) is 6.57. The van der Waals surface area contributed by atoms with Gasteiger partial charge in [-0.15, -0.1) is 0 Å². The number of hydrogen-bond donors (Lipinski definition) is 2. The normalized spacial score (nSPS) is 18.7. The van der Waals surface area contributed by atoms with Crippen molar-refractivity contribution in [3.8, 4) is 0 Å². The van der Waals surface area contributed by atoms with Gasteiger partial charge in [0.05, 0.1) is 6.61 Å². The number of nitrogens with one attached hydrogen (secondary N) is 2. The molecule has 2 N–H and O–H groups in total. The summed E-state index contributed by atoms with van der Waals surface area (Å²) in [5, 5.41) is 3.49. The molecule has 188 valence electrons. The van der Waals surface area contributed by atoms with Gasteiger partial charge in [-0.1, -0.05) is 32.0 Å². The average molecular weight is 473 g/mol. The van der Waals surface area contributed by atoms with Crippen LogP contribution in [0.2, 0.25) is 0 Å². The van der Waals surface area contributed by atoms with Gasteiger partial charge in [-0.2, -0.15) is 0 Å². The van der Waals surface area contributed by atoms with E-state index in [0.717, 1.165) is 61.6 Å². The first-order valence-corrected chi connectivity index (χ1v) is 12.6. The van der Waals surface area contributed by atoms with E-state index in [1.807, 2.05) is 39.0 Å². The second-order valence-corrected chi connectivity index (χ2v) is 10.00. The molecule has 1 atom stereocenters. The number of hydroxylamine groups is 1. The number of ether oxygens (including phenoxy) is 2. The van der Waals surface area contributed by atoms with Crippen molar-refractivity contribution < 1.29 is 23.9 Å². The molecule has 2 saturated carbocycles. The quantitative estimate of drug-likeness (QED) is 0.201. The van der Waals surface area contributed by atoms with Gasteiger partial charge in [-0.25, -0.2) is 10.3 Å². The lowest BCUT2D eigenvalue weighted by Crippen LogP contribution is -2.58. The van der Waals surface area contributed by atoms with Gasteiger partial charge in [-0.3, -0.25) is 14.9 Å². The lowest BCUT2D eigenvalue weighted by atomic mass is 9.76. The molecule has 1 aromatic rings. The third kappa shape index (κ3) is 7.65. The van der Waals surface area contributed by atoms with E-state index >= 15 is 0 Å². The van der Waals surface area contributed by atoms with Crippen molar-refractivity contribution in [3.63, 3.8) is 0 Å². The Kier molecular flexibility index (Phi) is 9.68. The van der Waals surface area contributed by atoms with E-state index in [1.54, 1.807) is 13.0 Å². The van der Waals surface area contributed by atoms with E-state index in [9.17, 15) is 9.59 Å². The lowest BCUT2D eigenvalue weighted by Gasteiger charge is -2.41. The summed E-state index contributed by atoms with van der Waals surface area (Å²) in [6.07, 6.45) is 9.76. The number of benzene rings is 1. The third-order valence-electron chi connectivity index (χ3n) is 6.57. The monoisotopic (exact) mass is 472 g/mol. The second-order valence-electron chi connectivity index (χ2n) is 10.00. The van der Waals surface area contributed by atoms with Crippen LogP contribution in [-0.2, 0) is 30.4 Å². The fourth-order valence-electron chi connectivity index (χ4n) is 4.25. The summed E-state index contributed by atoms with van der Waals surface area (Å²) in [4.78, 5) is 30.1. The van der Waals surface area contributed by atoms with Crippen LogP contribution in [0.25, 0.3) is 6.08 Å². The number of rotatable bonds is 12. The topological polar surface area (TPSA) is 85.9 Å².